The summed E-state index contributed by atoms with van der Waals surface area (Å²) in [4.78, 5) is 17.6. The zero-order chi connectivity index (χ0) is 16.8. The van der Waals surface area contributed by atoms with E-state index in [-0.39, 0.29) is 11.5 Å². The predicted molar refractivity (Wildman–Crippen MR) is 95.5 cm³/mol. The van der Waals surface area contributed by atoms with Gasteiger partial charge in [0.15, 0.2) is 0 Å². The normalized spacial score (nSPS) is 14.9. The van der Waals surface area contributed by atoms with E-state index in [1.807, 2.05) is 18.4 Å². The van der Waals surface area contributed by atoms with Gasteiger partial charge in [0.1, 0.15) is 16.3 Å². The Kier molecular flexibility index (Phi) is 7.25. The average molecular weight is 342 g/mol. The lowest BCUT2D eigenvalue weighted by molar-refractivity contribution is -0.148. The van der Waals surface area contributed by atoms with E-state index in [9.17, 15) is 15.0 Å². The highest BCUT2D eigenvalue weighted by Gasteiger charge is 2.35. The van der Waals surface area contributed by atoms with Gasteiger partial charge in [0, 0.05) is 17.9 Å². The van der Waals surface area contributed by atoms with Crippen molar-refractivity contribution in [3.05, 3.63) is 29.8 Å². The lowest BCUT2D eigenvalue weighted by Gasteiger charge is -2.33. The zero-order valence-corrected chi connectivity index (χ0v) is 14.7. The molecule has 5 nitrogen and oxygen atoms in total. The van der Waals surface area contributed by atoms with Crippen LogP contribution in [-0.4, -0.2) is 63.8 Å². The number of benzene rings is 1. The number of thiol groups is 1. The maximum atomic E-state index is 11.3. The van der Waals surface area contributed by atoms with Crippen molar-refractivity contribution in [3.8, 4) is 5.75 Å². The fraction of sp³-hybridized carbons (Fsp3) is 0.467. The Bertz CT molecular complexity index is 551. The Hall–Kier alpha value is -1.18. The van der Waals surface area contributed by atoms with E-state index >= 15 is 0 Å². The van der Waals surface area contributed by atoms with Crippen molar-refractivity contribution in [2.45, 2.75) is 12.5 Å². The van der Waals surface area contributed by atoms with Crippen LogP contribution in [0, 0.1) is 0 Å². The maximum Gasteiger partial charge on any atom is 0.324 e. The van der Waals surface area contributed by atoms with Crippen LogP contribution in [0.2, 0.25) is 0 Å². The van der Waals surface area contributed by atoms with E-state index in [4.69, 9.17) is 0 Å². The molecule has 0 saturated carbocycles. The fourth-order valence-corrected chi connectivity index (χ4v) is 2.80. The van der Waals surface area contributed by atoms with Gasteiger partial charge in [-0.15, -0.1) is 11.8 Å². The van der Waals surface area contributed by atoms with Crippen LogP contribution in [0.1, 0.15) is 12.5 Å². The van der Waals surface area contributed by atoms with Crippen molar-refractivity contribution in [1.29, 1.82) is 0 Å². The number of aliphatic imine (C=N–C) groups is 1. The molecule has 2 N–H and O–H groups in total. The molecule has 0 radical (unpaired) electrons. The van der Waals surface area contributed by atoms with Crippen molar-refractivity contribution in [3.63, 3.8) is 0 Å². The van der Waals surface area contributed by atoms with Crippen LogP contribution in [-0.2, 0) is 4.79 Å². The summed E-state index contributed by atoms with van der Waals surface area (Å²) in [5.41, 5.74) is -0.333. The van der Waals surface area contributed by atoms with Gasteiger partial charge in [0.05, 0.1) is 6.54 Å². The van der Waals surface area contributed by atoms with Crippen LogP contribution in [0.5, 0.6) is 5.75 Å². The van der Waals surface area contributed by atoms with Gasteiger partial charge in [0.25, 0.3) is 0 Å². The molecular weight excluding hydrogens is 320 g/mol. The molecule has 1 atom stereocenters. The number of rotatable bonds is 7. The molecule has 1 rings (SSSR count). The predicted octanol–water partition coefficient (Wildman–Crippen LogP) is 2.21. The molecule has 1 aromatic carbocycles. The molecule has 0 aliphatic carbocycles. The summed E-state index contributed by atoms with van der Waals surface area (Å²) < 4.78 is 0. The van der Waals surface area contributed by atoms with Crippen LogP contribution >= 0.6 is 24.4 Å². The number of thioether (sulfide) groups is 1. The lowest BCUT2D eigenvalue weighted by Crippen LogP contribution is -2.52. The van der Waals surface area contributed by atoms with Crippen molar-refractivity contribution in [2.24, 2.45) is 4.99 Å². The molecule has 22 heavy (non-hydrogen) atoms. The maximum absolute atomic E-state index is 11.3. The Labute approximate surface area is 140 Å². The molecule has 0 saturated heterocycles. The number of para-hydroxylation sites is 1. The molecule has 122 valence electrons. The highest BCUT2D eigenvalue weighted by Crippen LogP contribution is 2.21. The number of hydrogen-bond acceptors (Lipinski definition) is 6. The van der Waals surface area contributed by atoms with Gasteiger partial charge in [-0.2, -0.15) is 12.6 Å². The molecule has 0 amide bonds. The first-order chi connectivity index (χ1) is 10.4. The zero-order valence-electron chi connectivity index (χ0n) is 13.0. The van der Waals surface area contributed by atoms with Gasteiger partial charge in [-0.3, -0.25) is 14.7 Å². The number of likely N-dealkylation sites (N-methyl/N-ethyl adjacent to an activating group) is 1. The van der Waals surface area contributed by atoms with Crippen molar-refractivity contribution in [2.75, 3.05) is 32.1 Å². The highest BCUT2D eigenvalue weighted by molar-refractivity contribution is 8.13. The third kappa shape index (κ3) is 4.41. The number of nitrogens with zero attached hydrogens (tertiary/aromatic N) is 2. The van der Waals surface area contributed by atoms with Crippen molar-refractivity contribution < 1.29 is 15.0 Å². The Morgan fingerprint density at radius 1 is 1.45 bits per heavy atom. The number of hydrogen-bond donors (Lipinski definition) is 3. The first-order valence-electron chi connectivity index (χ1n) is 6.79. The average Bonchev–Trinajstić information content (AvgIpc) is 2.51. The van der Waals surface area contributed by atoms with Crippen LogP contribution in [0.4, 0.5) is 0 Å². The molecule has 7 heteroatoms. The van der Waals surface area contributed by atoms with E-state index in [2.05, 4.69) is 17.6 Å². The van der Waals surface area contributed by atoms with E-state index in [1.165, 1.54) is 11.8 Å². The molecule has 0 heterocycles. The minimum atomic E-state index is -1.02. The summed E-state index contributed by atoms with van der Waals surface area (Å²) in [7, 11) is 1.75. The van der Waals surface area contributed by atoms with Crippen LogP contribution in [0.3, 0.4) is 0 Å². The largest absolute Gasteiger partial charge is 0.507 e. The van der Waals surface area contributed by atoms with E-state index < -0.39 is 11.5 Å². The summed E-state index contributed by atoms with van der Waals surface area (Å²) in [5, 5.41) is 19.9. The minimum Gasteiger partial charge on any atom is -0.507 e. The number of phenols is 1. The summed E-state index contributed by atoms with van der Waals surface area (Å²) in [6, 6.07) is 7.03. The number of carbonyl (C=O) groups is 1. The van der Waals surface area contributed by atoms with Gasteiger partial charge in [0.2, 0.25) is 0 Å². The van der Waals surface area contributed by atoms with Gasteiger partial charge in [-0.1, -0.05) is 12.1 Å². The topological polar surface area (TPSA) is 73.1 Å². The number of aliphatic carboxylic acids is 1. The molecule has 0 fully saturated rings. The van der Waals surface area contributed by atoms with Crippen LogP contribution in [0.15, 0.2) is 29.3 Å². The monoisotopic (exact) mass is 342 g/mol. The molecule has 0 aliphatic heterocycles. The van der Waals surface area contributed by atoms with Gasteiger partial charge in [-0.25, -0.2) is 0 Å². The van der Waals surface area contributed by atoms with E-state index in [0.29, 0.717) is 18.7 Å². The molecular formula is C15H22N2O3S2. The fourth-order valence-electron chi connectivity index (χ4n) is 1.81. The van der Waals surface area contributed by atoms with Crippen molar-refractivity contribution in [1.82, 2.24) is 4.90 Å². The summed E-state index contributed by atoms with van der Waals surface area (Å²) in [6.45, 7) is 2.57. The Morgan fingerprint density at radius 3 is 2.59 bits per heavy atom. The summed E-state index contributed by atoms with van der Waals surface area (Å²) >= 11 is 5.58. The van der Waals surface area contributed by atoms with E-state index in [0.717, 1.165) is 5.04 Å². The Balaban J connectivity index is 2.79. The summed E-state index contributed by atoms with van der Waals surface area (Å²) in [5.74, 6) is -0.494. The smallest absolute Gasteiger partial charge is 0.324 e. The second-order valence-electron chi connectivity index (χ2n) is 5.07. The summed E-state index contributed by atoms with van der Waals surface area (Å²) in [6.07, 6.45) is 1.89. The van der Waals surface area contributed by atoms with Crippen molar-refractivity contribution >= 4 is 35.4 Å². The SMILES string of the molecule is CSC(=NCCN(C)[C@@](C)(CS)C(=O)O)c1ccccc1O. The second-order valence-corrected chi connectivity index (χ2v) is 6.18. The quantitative estimate of drug-likeness (QED) is 0.402. The number of carboxylic acid groups (broad SMARTS) is 1. The third-order valence-electron chi connectivity index (χ3n) is 3.63. The Morgan fingerprint density at radius 2 is 2.09 bits per heavy atom. The highest BCUT2D eigenvalue weighted by atomic mass is 32.2. The lowest BCUT2D eigenvalue weighted by atomic mass is 10.0. The second kappa shape index (κ2) is 8.45. The number of aromatic hydroxyl groups is 1. The van der Waals surface area contributed by atoms with E-state index in [1.54, 1.807) is 31.0 Å². The molecule has 0 unspecified atom stereocenters. The van der Waals surface area contributed by atoms with Crippen LogP contribution < -0.4 is 0 Å². The molecule has 0 aromatic heterocycles. The molecule has 0 bridgehead atoms. The molecule has 0 aliphatic rings. The van der Waals surface area contributed by atoms with Gasteiger partial charge in [-0.05, 0) is 32.4 Å². The first-order valence-corrected chi connectivity index (χ1v) is 8.64. The number of phenolic OH excluding ortho intramolecular Hbond substituents is 1. The van der Waals surface area contributed by atoms with Gasteiger partial charge < -0.3 is 10.2 Å². The molecule has 1 aromatic rings. The number of carboxylic acids is 1. The van der Waals surface area contributed by atoms with Gasteiger partial charge >= 0.3 is 5.97 Å². The first kappa shape index (κ1) is 18.9. The minimum absolute atomic E-state index is 0.190. The standard InChI is InChI=1S/C15H22N2O3S2/c1-15(10-21,14(19)20)17(2)9-8-16-13(22-3)11-6-4-5-7-12(11)18/h4-7,18,21H,8-10H2,1-3H3,(H,19,20)/t15-/m0/s1. The van der Waals surface area contributed by atoms with Crippen LogP contribution in [0.25, 0.3) is 0 Å². The third-order valence-corrected chi connectivity index (χ3v) is 4.98. The molecule has 0 spiro atoms.